The molecule has 2 rings (SSSR count). The van der Waals surface area contributed by atoms with Gasteiger partial charge in [0.15, 0.2) is 6.61 Å². The average Bonchev–Trinajstić information content (AvgIpc) is 2.57. The lowest BCUT2D eigenvalue weighted by molar-refractivity contribution is 0.0919. The number of anilines is 1. The van der Waals surface area contributed by atoms with Crippen LogP contribution in [0.4, 0.5) is 5.82 Å². The van der Waals surface area contributed by atoms with Crippen molar-refractivity contribution in [1.29, 1.82) is 0 Å². The Morgan fingerprint density at radius 3 is 2.54 bits per heavy atom. The second-order valence-corrected chi connectivity index (χ2v) is 7.04. The van der Waals surface area contributed by atoms with E-state index in [1.54, 1.807) is 6.07 Å². The number of nitrogen functional groups attached to an aromatic ring is 1. The highest BCUT2D eigenvalue weighted by Crippen LogP contribution is 2.27. The molecule has 2 N–H and O–H groups in total. The fraction of sp³-hybridized carbons (Fsp3) is 0.353. The minimum absolute atomic E-state index is 0.0944. The summed E-state index contributed by atoms with van der Waals surface area (Å²) in [6, 6.07) is 4.56. The first-order valence-electron chi connectivity index (χ1n) is 7.83. The number of halogens is 2. The molecule has 0 unspecified atom stereocenters. The van der Waals surface area contributed by atoms with E-state index in [4.69, 9.17) is 33.7 Å². The molecular weight excluding hydrogens is 381 g/mol. The maximum absolute atomic E-state index is 12.5. The fourth-order valence-corrected chi connectivity index (χ4v) is 2.72. The number of nitrogens with two attached hydrogens (primary N) is 1. The van der Waals surface area contributed by atoms with Gasteiger partial charge in [0.05, 0.1) is 5.02 Å². The van der Waals surface area contributed by atoms with Gasteiger partial charge in [0.25, 0.3) is 5.56 Å². The third-order valence-corrected chi connectivity index (χ3v) is 4.21. The monoisotopic (exact) mass is 399 g/mol. The highest BCUT2D eigenvalue weighted by Gasteiger charge is 2.22. The van der Waals surface area contributed by atoms with Gasteiger partial charge in [0.1, 0.15) is 17.1 Å². The number of benzene rings is 1. The van der Waals surface area contributed by atoms with Gasteiger partial charge in [-0.15, -0.1) is 0 Å². The highest BCUT2D eigenvalue weighted by atomic mass is 35.5. The van der Waals surface area contributed by atoms with E-state index >= 15 is 0 Å². The van der Waals surface area contributed by atoms with Crippen LogP contribution >= 0.6 is 23.2 Å². The Morgan fingerprint density at radius 1 is 1.27 bits per heavy atom. The normalized spacial score (nSPS) is 11.0. The van der Waals surface area contributed by atoms with Crippen molar-refractivity contribution in [3.05, 3.63) is 54.6 Å². The zero-order valence-corrected chi connectivity index (χ0v) is 16.1. The smallest absolute Gasteiger partial charge is 0.332 e. The predicted octanol–water partition coefficient (Wildman–Crippen LogP) is 2.35. The molecule has 1 heterocycles. The zero-order chi connectivity index (χ0) is 19.6. The van der Waals surface area contributed by atoms with Gasteiger partial charge in [0, 0.05) is 24.7 Å². The van der Waals surface area contributed by atoms with Gasteiger partial charge in [-0.25, -0.2) is 4.79 Å². The maximum Gasteiger partial charge on any atom is 0.332 e. The molecule has 0 aliphatic carbocycles. The lowest BCUT2D eigenvalue weighted by Gasteiger charge is -2.16. The number of Topliss-reactive ketones (excluding diaryl/α,β-unsaturated/α-hetero) is 1. The highest BCUT2D eigenvalue weighted by molar-refractivity contribution is 6.34. The van der Waals surface area contributed by atoms with E-state index in [1.165, 1.54) is 23.7 Å². The number of ketones is 1. The van der Waals surface area contributed by atoms with E-state index in [1.807, 2.05) is 13.8 Å². The van der Waals surface area contributed by atoms with Crippen molar-refractivity contribution in [2.45, 2.75) is 20.4 Å². The number of nitrogens with zero attached hydrogens (tertiary/aromatic N) is 2. The van der Waals surface area contributed by atoms with E-state index in [0.717, 1.165) is 4.57 Å². The zero-order valence-electron chi connectivity index (χ0n) is 14.6. The molecule has 0 amide bonds. The number of rotatable bonds is 6. The van der Waals surface area contributed by atoms with Gasteiger partial charge in [-0.1, -0.05) is 37.0 Å². The maximum atomic E-state index is 12.5. The molecule has 2 aromatic rings. The molecule has 26 heavy (non-hydrogen) atoms. The van der Waals surface area contributed by atoms with Crippen LogP contribution in [0.5, 0.6) is 5.75 Å². The van der Waals surface area contributed by atoms with E-state index < -0.39 is 23.6 Å². The minimum Gasteiger partial charge on any atom is -0.484 e. The van der Waals surface area contributed by atoms with E-state index in [0.29, 0.717) is 5.02 Å². The number of ether oxygens (including phenoxy) is 1. The predicted molar refractivity (Wildman–Crippen MR) is 101 cm³/mol. The second-order valence-electron chi connectivity index (χ2n) is 6.20. The Morgan fingerprint density at radius 2 is 1.92 bits per heavy atom. The van der Waals surface area contributed by atoms with Crippen molar-refractivity contribution in [3.8, 4) is 5.75 Å². The number of hydrogen-bond donors (Lipinski definition) is 1. The molecule has 0 saturated carbocycles. The largest absolute Gasteiger partial charge is 0.484 e. The first-order valence-corrected chi connectivity index (χ1v) is 8.59. The molecule has 0 aliphatic heterocycles. The van der Waals surface area contributed by atoms with Gasteiger partial charge in [0.2, 0.25) is 5.78 Å². The molecule has 0 spiro atoms. The van der Waals surface area contributed by atoms with Gasteiger partial charge >= 0.3 is 5.69 Å². The second kappa shape index (κ2) is 7.97. The van der Waals surface area contributed by atoms with Crippen molar-refractivity contribution in [1.82, 2.24) is 9.13 Å². The lowest BCUT2D eigenvalue weighted by atomic mass is 10.1. The first kappa shape index (κ1) is 20.1. The molecule has 0 saturated heterocycles. The summed E-state index contributed by atoms with van der Waals surface area (Å²) in [7, 11) is 1.30. The van der Waals surface area contributed by atoms with Crippen LogP contribution < -0.4 is 21.7 Å². The van der Waals surface area contributed by atoms with Crippen LogP contribution in [0, 0.1) is 5.92 Å². The molecule has 7 nitrogen and oxygen atoms in total. The lowest BCUT2D eigenvalue weighted by Crippen LogP contribution is -2.43. The molecule has 1 aromatic carbocycles. The summed E-state index contributed by atoms with van der Waals surface area (Å²) in [5.74, 6) is -0.523. The summed E-state index contributed by atoms with van der Waals surface area (Å²) in [5.41, 5.74) is 4.33. The molecular formula is C17H19Cl2N3O4. The van der Waals surface area contributed by atoms with Crippen LogP contribution in [-0.2, 0) is 13.6 Å². The minimum atomic E-state index is -0.765. The number of carbonyl (C=O) groups is 1. The summed E-state index contributed by atoms with van der Waals surface area (Å²) in [5, 5.41) is 0.658. The van der Waals surface area contributed by atoms with Gasteiger partial charge in [-0.05, 0) is 18.1 Å². The summed E-state index contributed by atoms with van der Waals surface area (Å²) >= 11 is 11.9. The number of carbonyl (C=O) groups excluding carboxylic acids is 1. The number of aromatic nitrogens is 2. The van der Waals surface area contributed by atoms with Crippen LogP contribution in [-0.4, -0.2) is 21.5 Å². The molecule has 1 aromatic heterocycles. The Balaban J connectivity index is 2.39. The van der Waals surface area contributed by atoms with E-state index in [2.05, 4.69) is 0 Å². The Bertz CT molecular complexity index is 964. The summed E-state index contributed by atoms with van der Waals surface area (Å²) < 4.78 is 7.45. The number of hydrogen-bond acceptors (Lipinski definition) is 5. The van der Waals surface area contributed by atoms with Crippen LogP contribution in [0.2, 0.25) is 10.0 Å². The first-order chi connectivity index (χ1) is 12.1. The average molecular weight is 400 g/mol. The molecule has 0 aliphatic rings. The van der Waals surface area contributed by atoms with E-state index in [-0.39, 0.29) is 34.6 Å². The molecule has 0 radical (unpaired) electrons. The van der Waals surface area contributed by atoms with Crippen molar-refractivity contribution >= 4 is 34.8 Å². The quantitative estimate of drug-likeness (QED) is 0.751. The van der Waals surface area contributed by atoms with Crippen LogP contribution in [0.25, 0.3) is 0 Å². The Labute approximate surface area is 159 Å². The Hall–Kier alpha value is -2.25. The standard InChI is InChI=1S/C17H19Cl2N3O4/c1-9(2)7-22-15(20)14(16(24)21(3)17(22)25)12(23)8-26-13-6-10(18)4-5-11(13)19/h4-6,9H,7-8,20H2,1-3H3. The molecule has 0 atom stereocenters. The molecule has 0 bridgehead atoms. The molecule has 9 heteroatoms. The van der Waals surface area contributed by atoms with Crippen LogP contribution in [0.1, 0.15) is 24.2 Å². The van der Waals surface area contributed by atoms with Gasteiger partial charge < -0.3 is 10.5 Å². The molecule has 140 valence electrons. The summed E-state index contributed by atoms with van der Waals surface area (Å²) in [6.45, 7) is 3.59. The van der Waals surface area contributed by atoms with Crippen molar-refractivity contribution in [3.63, 3.8) is 0 Å². The van der Waals surface area contributed by atoms with E-state index in [9.17, 15) is 14.4 Å². The van der Waals surface area contributed by atoms with Crippen LogP contribution in [0.15, 0.2) is 27.8 Å². The van der Waals surface area contributed by atoms with Crippen molar-refractivity contribution in [2.75, 3.05) is 12.3 Å². The Kier molecular flexibility index (Phi) is 6.15. The van der Waals surface area contributed by atoms with Gasteiger partial charge in [-0.3, -0.25) is 18.7 Å². The summed E-state index contributed by atoms with van der Waals surface area (Å²) in [4.78, 5) is 37.2. The van der Waals surface area contributed by atoms with Crippen molar-refractivity contribution in [2.24, 2.45) is 13.0 Å². The summed E-state index contributed by atoms with van der Waals surface area (Å²) in [6.07, 6.45) is 0. The topological polar surface area (TPSA) is 96.3 Å². The van der Waals surface area contributed by atoms with Crippen LogP contribution in [0.3, 0.4) is 0 Å². The fourth-order valence-electron chi connectivity index (χ4n) is 2.39. The SMILES string of the molecule is CC(C)Cn1c(N)c(C(=O)COc2cc(Cl)ccc2Cl)c(=O)n(C)c1=O. The molecule has 0 fully saturated rings. The van der Waals surface area contributed by atoms with Crippen molar-refractivity contribution < 1.29 is 9.53 Å². The third-order valence-electron chi connectivity index (χ3n) is 3.66. The van der Waals surface area contributed by atoms with Gasteiger partial charge in [-0.2, -0.15) is 0 Å². The third kappa shape index (κ3) is 4.11.